The number of benzene rings is 1. The maximum absolute atomic E-state index is 5.69. The van der Waals surface area contributed by atoms with Gasteiger partial charge in [-0.25, -0.2) is 9.98 Å². The highest BCUT2D eigenvalue weighted by Crippen LogP contribution is 2.10. The van der Waals surface area contributed by atoms with E-state index in [-0.39, 0.29) is 24.0 Å². The van der Waals surface area contributed by atoms with Crippen molar-refractivity contribution in [2.45, 2.75) is 20.4 Å². The smallest absolute Gasteiger partial charge is 0.191 e. The lowest BCUT2D eigenvalue weighted by Gasteiger charge is -2.12. The van der Waals surface area contributed by atoms with Crippen molar-refractivity contribution in [3.63, 3.8) is 0 Å². The van der Waals surface area contributed by atoms with Crippen molar-refractivity contribution < 1.29 is 4.74 Å². The Morgan fingerprint density at radius 2 is 2.00 bits per heavy atom. The van der Waals surface area contributed by atoms with Gasteiger partial charge in [-0.15, -0.1) is 24.0 Å². The van der Waals surface area contributed by atoms with Gasteiger partial charge in [0.15, 0.2) is 5.96 Å². The minimum absolute atomic E-state index is 0. The van der Waals surface area contributed by atoms with Crippen molar-refractivity contribution in [3.05, 3.63) is 42.0 Å². The number of nitrogens with zero attached hydrogens (tertiary/aromatic N) is 4. The Balaban J connectivity index is 0.00000288. The zero-order valence-electron chi connectivity index (χ0n) is 14.3. The fourth-order valence-electron chi connectivity index (χ4n) is 1.93. The highest BCUT2D eigenvalue weighted by atomic mass is 127. The first kappa shape index (κ1) is 20.2. The standard InChI is InChI=1S/C16H24N6O.HI/c1-4-17-16(19-11-15-20-12-21-22(15)3)18-9-10-23-14-7-5-13(2)6-8-14;/h5-8,12H,4,9-11H2,1-3H3,(H2,17,18,19);1H. The number of aliphatic imine (C=N–C) groups is 1. The molecule has 8 heteroatoms. The van der Waals surface area contributed by atoms with Gasteiger partial charge in [0.05, 0.1) is 6.54 Å². The molecule has 24 heavy (non-hydrogen) atoms. The number of halogens is 1. The van der Waals surface area contributed by atoms with Gasteiger partial charge >= 0.3 is 0 Å². The lowest BCUT2D eigenvalue weighted by atomic mass is 10.2. The van der Waals surface area contributed by atoms with Gasteiger partial charge in [-0.05, 0) is 26.0 Å². The molecule has 1 aromatic carbocycles. The third kappa shape index (κ3) is 6.73. The monoisotopic (exact) mass is 444 g/mol. The van der Waals surface area contributed by atoms with E-state index < -0.39 is 0 Å². The molecule has 0 saturated carbocycles. The molecule has 0 spiro atoms. The predicted molar refractivity (Wildman–Crippen MR) is 106 cm³/mol. The summed E-state index contributed by atoms with van der Waals surface area (Å²) >= 11 is 0. The summed E-state index contributed by atoms with van der Waals surface area (Å²) in [6.07, 6.45) is 1.53. The summed E-state index contributed by atoms with van der Waals surface area (Å²) in [6.45, 7) is 6.59. The van der Waals surface area contributed by atoms with Crippen molar-refractivity contribution in [1.82, 2.24) is 25.4 Å². The van der Waals surface area contributed by atoms with E-state index in [4.69, 9.17) is 4.74 Å². The van der Waals surface area contributed by atoms with Crippen molar-refractivity contribution in [1.29, 1.82) is 0 Å². The maximum Gasteiger partial charge on any atom is 0.191 e. The first-order valence-corrected chi connectivity index (χ1v) is 7.73. The summed E-state index contributed by atoms with van der Waals surface area (Å²) < 4.78 is 7.40. The van der Waals surface area contributed by atoms with Gasteiger partial charge < -0.3 is 15.4 Å². The van der Waals surface area contributed by atoms with E-state index >= 15 is 0 Å². The van der Waals surface area contributed by atoms with Crippen LogP contribution in [0.5, 0.6) is 5.75 Å². The van der Waals surface area contributed by atoms with Crippen LogP contribution in [0.3, 0.4) is 0 Å². The number of aryl methyl sites for hydroxylation is 2. The molecule has 2 rings (SSSR count). The third-order valence-electron chi connectivity index (χ3n) is 3.21. The summed E-state index contributed by atoms with van der Waals surface area (Å²) in [5.41, 5.74) is 1.22. The lowest BCUT2D eigenvalue weighted by Crippen LogP contribution is -2.39. The zero-order valence-corrected chi connectivity index (χ0v) is 16.7. The van der Waals surface area contributed by atoms with Crippen LogP contribution in [-0.2, 0) is 13.6 Å². The van der Waals surface area contributed by atoms with Crippen LogP contribution in [0.4, 0.5) is 0 Å². The van der Waals surface area contributed by atoms with Crippen LogP contribution in [-0.4, -0.2) is 40.4 Å². The molecule has 7 nitrogen and oxygen atoms in total. The minimum Gasteiger partial charge on any atom is -0.492 e. The molecule has 0 aliphatic heterocycles. The van der Waals surface area contributed by atoms with Crippen molar-refractivity contribution >= 4 is 29.9 Å². The Kier molecular flexibility index (Phi) is 9.13. The summed E-state index contributed by atoms with van der Waals surface area (Å²) in [7, 11) is 1.85. The van der Waals surface area contributed by atoms with E-state index in [1.165, 1.54) is 11.9 Å². The van der Waals surface area contributed by atoms with Crippen LogP contribution >= 0.6 is 24.0 Å². The van der Waals surface area contributed by atoms with Gasteiger partial charge in [0.2, 0.25) is 0 Å². The van der Waals surface area contributed by atoms with E-state index in [9.17, 15) is 0 Å². The number of guanidine groups is 1. The van der Waals surface area contributed by atoms with Gasteiger partial charge in [-0.3, -0.25) is 4.68 Å². The van der Waals surface area contributed by atoms with Gasteiger partial charge in [-0.1, -0.05) is 17.7 Å². The fourth-order valence-corrected chi connectivity index (χ4v) is 1.93. The molecule has 2 N–H and O–H groups in total. The molecule has 0 aliphatic rings. The average Bonchev–Trinajstić information content (AvgIpc) is 2.96. The normalized spacial score (nSPS) is 10.9. The Bertz CT molecular complexity index is 626. The Morgan fingerprint density at radius 3 is 2.62 bits per heavy atom. The SMILES string of the molecule is CCNC(=NCc1ncnn1C)NCCOc1ccc(C)cc1.I. The number of ether oxygens (including phenoxy) is 1. The van der Waals surface area contributed by atoms with Crippen LogP contribution in [0.15, 0.2) is 35.6 Å². The molecular formula is C16H25IN6O. The number of hydrogen-bond donors (Lipinski definition) is 2. The Morgan fingerprint density at radius 1 is 1.25 bits per heavy atom. The fraction of sp³-hybridized carbons (Fsp3) is 0.438. The molecule has 0 amide bonds. The highest BCUT2D eigenvalue weighted by Gasteiger charge is 2.01. The number of rotatable bonds is 7. The third-order valence-corrected chi connectivity index (χ3v) is 3.21. The second-order valence-electron chi connectivity index (χ2n) is 5.08. The van der Waals surface area contributed by atoms with E-state index in [0.29, 0.717) is 19.7 Å². The largest absolute Gasteiger partial charge is 0.492 e. The summed E-state index contributed by atoms with van der Waals surface area (Å²) in [6, 6.07) is 8.02. The van der Waals surface area contributed by atoms with Crippen LogP contribution < -0.4 is 15.4 Å². The summed E-state index contributed by atoms with van der Waals surface area (Å²) in [5.74, 6) is 2.43. The maximum atomic E-state index is 5.69. The summed E-state index contributed by atoms with van der Waals surface area (Å²) in [4.78, 5) is 8.64. The van der Waals surface area contributed by atoms with Gasteiger partial charge in [-0.2, -0.15) is 5.10 Å². The minimum atomic E-state index is 0. The quantitative estimate of drug-likeness (QED) is 0.295. The summed E-state index contributed by atoms with van der Waals surface area (Å²) in [5, 5.41) is 10.5. The van der Waals surface area contributed by atoms with E-state index in [0.717, 1.165) is 24.1 Å². The highest BCUT2D eigenvalue weighted by molar-refractivity contribution is 14.0. The molecule has 1 heterocycles. The van der Waals surface area contributed by atoms with Gasteiger partial charge in [0.1, 0.15) is 31.1 Å². The van der Waals surface area contributed by atoms with Crippen molar-refractivity contribution in [3.8, 4) is 5.75 Å². The van der Waals surface area contributed by atoms with Crippen molar-refractivity contribution in [2.75, 3.05) is 19.7 Å². The van der Waals surface area contributed by atoms with Gasteiger partial charge in [0.25, 0.3) is 0 Å². The molecule has 132 valence electrons. The van der Waals surface area contributed by atoms with Crippen LogP contribution in [0.1, 0.15) is 18.3 Å². The lowest BCUT2D eigenvalue weighted by molar-refractivity contribution is 0.322. The average molecular weight is 444 g/mol. The number of aromatic nitrogens is 3. The van der Waals surface area contributed by atoms with Crippen LogP contribution in [0, 0.1) is 6.92 Å². The number of hydrogen-bond acceptors (Lipinski definition) is 4. The van der Waals surface area contributed by atoms with E-state index in [1.54, 1.807) is 4.68 Å². The molecule has 1 aromatic heterocycles. The van der Waals surface area contributed by atoms with Crippen molar-refractivity contribution in [2.24, 2.45) is 12.0 Å². The van der Waals surface area contributed by atoms with Crippen LogP contribution in [0.25, 0.3) is 0 Å². The second kappa shape index (κ2) is 10.8. The number of nitrogens with one attached hydrogen (secondary N) is 2. The first-order chi connectivity index (χ1) is 11.2. The van der Waals surface area contributed by atoms with Crippen LogP contribution in [0.2, 0.25) is 0 Å². The zero-order chi connectivity index (χ0) is 16.5. The van der Waals surface area contributed by atoms with E-state index in [2.05, 4.69) is 32.6 Å². The molecule has 0 saturated heterocycles. The van der Waals surface area contributed by atoms with E-state index in [1.807, 2.05) is 38.2 Å². The molecule has 0 radical (unpaired) electrons. The molecule has 0 bridgehead atoms. The molecule has 0 unspecified atom stereocenters. The topological polar surface area (TPSA) is 76.4 Å². The second-order valence-corrected chi connectivity index (χ2v) is 5.08. The molecule has 0 atom stereocenters. The molecular weight excluding hydrogens is 419 g/mol. The van der Waals surface area contributed by atoms with Gasteiger partial charge in [0, 0.05) is 13.6 Å². The molecule has 0 fully saturated rings. The molecule has 2 aromatic rings. The first-order valence-electron chi connectivity index (χ1n) is 7.73. The molecule has 0 aliphatic carbocycles. The predicted octanol–water partition coefficient (Wildman–Crippen LogP) is 1.88. The Labute approximate surface area is 159 Å². The Hall–Kier alpha value is -1.84.